The van der Waals surface area contributed by atoms with Crippen molar-refractivity contribution >= 4 is 11.7 Å². The molecule has 1 saturated heterocycles. The number of amides is 1. The molecule has 2 atom stereocenters. The Balaban J connectivity index is 1.55. The number of pyridine rings is 1. The highest BCUT2D eigenvalue weighted by atomic mass is 19.4. The topological polar surface area (TPSA) is 93.2 Å². The molecule has 11 heteroatoms. The molecule has 186 valence electrons. The van der Waals surface area contributed by atoms with Gasteiger partial charge in [-0.05, 0) is 37.1 Å². The zero-order chi connectivity index (χ0) is 24.7. The van der Waals surface area contributed by atoms with Crippen LogP contribution in [0.15, 0.2) is 36.5 Å². The summed E-state index contributed by atoms with van der Waals surface area (Å²) in [5.41, 5.74) is -0.824. The number of ether oxygens (including phenoxy) is 3. The Morgan fingerprint density at radius 1 is 1.24 bits per heavy atom. The number of nitrogens with zero attached hydrogens (tertiary/aromatic N) is 2. The van der Waals surface area contributed by atoms with Crippen molar-refractivity contribution < 1.29 is 37.3 Å². The van der Waals surface area contributed by atoms with Gasteiger partial charge in [0.15, 0.2) is 11.5 Å². The quantitative estimate of drug-likeness (QED) is 0.567. The van der Waals surface area contributed by atoms with Gasteiger partial charge in [0.25, 0.3) is 0 Å². The predicted octanol–water partition coefficient (Wildman–Crippen LogP) is 2.89. The first-order valence-corrected chi connectivity index (χ1v) is 10.8. The van der Waals surface area contributed by atoms with Gasteiger partial charge in [0, 0.05) is 25.8 Å². The second-order valence-electron chi connectivity index (χ2n) is 7.86. The van der Waals surface area contributed by atoms with E-state index in [9.17, 15) is 23.1 Å². The molecule has 1 amide bonds. The Labute approximate surface area is 195 Å². The Morgan fingerprint density at radius 2 is 1.94 bits per heavy atom. The number of carbonyl (C=O) groups is 1. The number of nitrogens with one attached hydrogen (secondary N) is 1. The van der Waals surface area contributed by atoms with Crippen molar-refractivity contribution in [3.8, 4) is 17.2 Å². The van der Waals surface area contributed by atoms with E-state index in [0.29, 0.717) is 36.6 Å². The summed E-state index contributed by atoms with van der Waals surface area (Å²) in [6, 6.07) is 7.33. The van der Waals surface area contributed by atoms with Crippen molar-refractivity contribution in [2.45, 2.75) is 25.1 Å². The van der Waals surface area contributed by atoms with Crippen LogP contribution >= 0.6 is 0 Å². The van der Waals surface area contributed by atoms with Crippen LogP contribution in [-0.4, -0.2) is 62.6 Å². The molecule has 8 nitrogen and oxygen atoms in total. The van der Waals surface area contributed by atoms with E-state index in [2.05, 4.69) is 10.3 Å². The van der Waals surface area contributed by atoms with Crippen LogP contribution in [0.4, 0.5) is 19.0 Å². The van der Waals surface area contributed by atoms with Crippen molar-refractivity contribution in [1.29, 1.82) is 0 Å². The first kappa shape index (κ1) is 25.4. The maximum Gasteiger partial charge on any atom is 0.419 e. The molecular weight excluding hydrogens is 455 g/mol. The fraction of sp³-hybridized carbons (Fsp3) is 0.478. The number of piperidine rings is 1. The standard InChI is InChI=1S/C23H28F3N3O5/c1-32-18-8-3-9-19(33-2)20(18)34-14-16(30)12-28-22(31)15-6-5-11-29(13-15)21-17(23(24,25)26)7-4-10-27-21/h3-4,7-10,15-16,30H,5-6,11-14H2,1-2H3,(H,28,31). The summed E-state index contributed by atoms with van der Waals surface area (Å²) in [6.07, 6.45) is -3.17. The lowest BCUT2D eigenvalue weighted by Crippen LogP contribution is -2.46. The van der Waals surface area contributed by atoms with Gasteiger partial charge in [-0.3, -0.25) is 4.79 Å². The lowest BCUT2D eigenvalue weighted by Gasteiger charge is -2.34. The normalized spacial score (nSPS) is 17.1. The maximum absolute atomic E-state index is 13.4. The van der Waals surface area contributed by atoms with Crippen LogP contribution in [-0.2, 0) is 11.0 Å². The zero-order valence-corrected chi connectivity index (χ0v) is 19.0. The molecule has 1 aliphatic heterocycles. The molecule has 1 aromatic heterocycles. The molecular formula is C23H28F3N3O5. The van der Waals surface area contributed by atoms with Gasteiger partial charge in [-0.1, -0.05) is 6.07 Å². The molecule has 0 aliphatic carbocycles. The van der Waals surface area contributed by atoms with Gasteiger partial charge in [-0.25, -0.2) is 4.98 Å². The molecule has 2 unspecified atom stereocenters. The molecule has 2 heterocycles. The fourth-order valence-corrected chi connectivity index (χ4v) is 3.81. The molecule has 0 saturated carbocycles. The average molecular weight is 483 g/mol. The Bertz CT molecular complexity index is 951. The van der Waals surface area contributed by atoms with Crippen LogP contribution in [0.2, 0.25) is 0 Å². The number of alkyl halides is 3. The number of para-hydroxylation sites is 1. The summed E-state index contributed by atoms with van der Waals surface area (Å²) in [7, 11) is 2.96. The number of aliphatic hydroxyl groups is 1. The first-order chi connectivity index (χ1) is 16.2. The van der Waals surface area contributed by atoms with E-state index in [0.717, 1.165) is 6.07 Å². The lowest BCUT2D eigenvalue weighted by molar-refractivity contribution is -0.137. The third kappa shape index (κ3) is 6.22. The maximum atomic E-state index is 13.4. The third-order valence-corrected chi connectivity index (χ3v) is 5.50. The molecule has 1 aromatic carbocycles. The SMILES string of the molecule is COc1cccc(OC)c1OCC(O)CNC(=O)C1CCCN(c2ncccc2C(F)(F)F)C1. The largest absolute Gasteiger partial charge is 0.493 e. The monoisotopic (exact) mass is 483 g/mol. The Kier molecular flexibility index (Phi) is 8.43. The number of rotatable bonds is 9. The number of carbonyl (C=O) groups excluding carboxylic acids is 1. The van der Waals surface area contributed by atoms with Crippen molar-refractivity contribution in [2.75, 3.05) is 45.4 Å². The predicted molar refractivity (Wildman–Crippen MR) is 118 cm³/mol. The highest BCUT2D eigenvalue weighted by Gasteiger charge is 2.37. The molecule has 2 aromatic rings. The number of halogens is 3. The Hall–Kier alpha value is -3.21. The molecule has 2 N–H and O–H groups in total. The molecule has 3 rings (SSSR count). The van der Waals surface area contributed by atoms with Crippen LogP contribution in [0.3, 0.4) is 0 Å². The number of aliphatic hydroxyl groups excluding tert-OH is 1. The van der Waals surface area contributed by atoms with Gasteiger partial charge >= 0.3 is 6.18 Å². The third-order valence-electron chi connectivity index (χ3n) is 5.50. The summed E-state index contributed by atoms with van der Waals surface area (Å²) in [5.74, 6) is 0.155. The van der Waals surface area contributed by atoms with Gasteiger partial charge in [0.2, 0.25) is 11.7 Å². The molecule has 1 aliphatic rings. The van der Waals surface area contributed by atoms with Crippen LogP contribution in [0.25, 0.3) is 0 Å². The summed E-state index contributed by atoms with van der Waals surface area (Å²) in [5, 5.41) is 12.9. The van der Waals surface area contributed by atoms with Crippen LogP contribution < -0.4 is 24.4 Å². The Morgan fingerprint density at radius 3 is 2.59 bits per heavy atom. The fourth-order valence-electron chi connectivity index (χ4n) is 3.81. The number of methoxy groups -OCH3 is 2. The summed E-state index contributed by atoms with van der Waals surface area (Å²) >= 11 is 0. The number of anilines is 1. The van der Waals surface area contributed by atoms with Gasteiger partial charge in [-0.15, -0.1) is 0 Å². The highest BCUT2D eigenvalue weighted by Crippen LogP contribution is 2.37. The zero-order valence-electron chi connectivity index (χ0n) is 19.0. The van der Waals surface area contributed by atoms with E-state index in [-0.39, 0.29) is 31.4 Å². The molecule has 0 radical (unpaired) electrons. The van der Waals surface area contributed by atoms with Gasteiger partial charge in [0.05, 0.1) is 25.7 Å². The minimum absolute atomic E-state index is 0.0792. The molecule has 0 bridgehead atoms. The minimum Gasteiger partial charge on any atom is -0.493 e. The summed E-state index contributed by atoms with van der Waals surface area (Å²) in [4.78, 5) is 18.1. The van der Waals surface area contributed by atoms with Crippen LogP contribution in [0.1, 0.15) is 18.4 Å². The van der Waals surface area contributed by atoms with Crippen LogP contribution in [0.5, 0.6) is 17.2 Å². The van der Waals surface area contributed by atoms with E-state index in [1.807, 2.05) is 0 Å². The van der Waals surface area contributed by atoms with Crippen molar-refractivity contribution in [3.63, 3.8) is 0 Å². The average Bonchev–Trinajstić information content (AvgIpc) is 2.85. The second kappa shape index (κ2) is 11.3. The highest BCUT2D eigenvalue weighted by molar-refractivity contribution is 5.79. The smallest absolute Gasteiger partial charge is 0.419 e. The minimum atomic E-state index is -4.53. The number of hydrogen-bond donors (Lipinski definition) is 2. The summed E-state index contributed by atoms with van der Waals surface area (Å²) in [6.45, 7) is 0.277. The number of aromatic nitrogens is 1. The second-order valence-corrected chi connectivity index (χ2v) is 7.86. The van der Waals surface area contributed by atoms with E-state index in [1.165, 1.54) is 31.4 Å². The van der Waals surface area contributed by atoms with E-state index >= 15 is 0 Å². The van der Waals surface area contributed by atoms with Crippen molar-refractivity contribution in [2.24, 2.45) is 5.92 Å². The van der Waals surface area contributed by atoms with E-state index in [4.69, 9.17) is 14.2 Å². The number of benzene rings is 1. The summed E-state index contributed by atoms with van der Waals surface area (Å²) < 4.78 is 56.2. The molecule has 1 fully saturated rings. The molecule has 0 spiro atoms. The number of hydrogen-bond acceptors (Lipinski definition) is 7. The van der Waals surface area contributed by atoms with Gasteiger partial charge < -0.3 is 29.5 Å². The van der Waals surface area contributed by atoms with Crippen molar-refractivity contribution in [3.05, 3.63) is 42.1 Å². The van der Waals surface area contributed by atoms with Crippen molar-refractivity contribution in [1.82, 2.24) is 10.3 Å². The lowest BCUT2D eigenvalue weighted by atomic mass is 9.96. The van der Waals surface area contributed by atoms with Crippen LogP contribution in [0, 0.1) is 5.92 Å². The van der Waals surface area contributed by atoms with Gasteiger partial charge in [-0.2, -0.15) is 13.2 Å². The first-order valence-electron chi connectivity index (χ1n) is 10.8. The van der Waals surface area contributed by atoms with Gasteiger partial charge in [0.1, 0.15) is 18.5 Å². The van der Waals surface area contributed by atoms with E-state index in [1.54, 1.807) is 18.2 Å². The van der Waals surface area contributed by atoms with E-state index < -0.39 is 23.8 Å². The molecule has 34 heavy (non-hydrogen) atoms.